The van der Waals surface area contributed by atoms with E-state index in [0.29, 0.717) is 34.0 Å². The molecule has 7 nitrogen and oxygen atoms in total. The van der Waals surface area contributed by atoms with Gasteiger partial charge in [0.05, 0.1) is 7.11 Å². The maximum atomic E-state index is 12.4. The summed E-state index contributed by atoms with van der Waals surface area (Å²) in [5, 5.41) is 12.9. The van der Waals surface area contributed by atoms with E-state index in [4.69, 9.17) is 9.47 Å². The van der Waals surface area contributed by atoms with Crippen molar-refractivity contribution < 1.29 is 14.3 Å². The molecule has 0 atom stereocenters. The molecule has 0 aliphatic heterocycles. The summed E-state index contributed by atoms with van der Waals surface area (Å²) in [7, 11) is 1.54. The first-order valence-corrected chi connectivity index (χ1v) is 11.2. The summed E-state index contributed by atoms with van der Waals surface area (Å²) in [5.74, 6) is 0.527. The Morgan fingerprint density at radius 1 is 1.26 bits per heavy atom. The van der Waals surface area contributed by atoms with Crippen LogP contribution in [0.4, 0.5) is 5.13 Å². The summed E-state index contributed by atoms with van der Waals surface area (Å²) in [5.41, 5.74) is 2.80. The van der Waals surface area contributed by atoms with Gasteiger partial charge in [0.25, 0.3) is 5.91 Å². The van der Waals surface area contributed by atoms with Gasteiger partial charge in [-0.15, -0.1) is 0 Å². The minimum absolute atomic E-state index is 0.0590. The topological polar surface area (TPSA) is 97.1 Å². The Hall–Kier alpha value is -3.35. The average Bonchev–Trinajstić information content (AvgIpc) is 3.24. The molecule has 31 heavy (non-hydrogen) atoms. The Morgan fingerprint density at radius 2 is 2.03 bits per heavy atom. The fourth-order valence-electron chi connectivity index (χ4n) is 2.56. The standard InChI is InChI=1S/C22H20N4O3S2/c1-14-4-6-15(7-5-14)13-29-18-9-8-16(11-19(18)28-2)10-17(12-23)20(27)24-21-25-22(30-3)26-31-21/h4-11H,13H2,1-3H3,(H,24,25,26,27)/b17-10-. The van der Waals surface area contributed by atoms with Crippen molar-refractivity contribution in [2.45, 2.75) is 18.7 Å². The van der Waals surface area contributed by atoms with E-state index in [1.807, 2.05) is 43.5 Å². The number of nitrogens with one attached hydrogen (secondary N) is 1. The molecule has 0 bridgehead atoms. The van der Waals surface area contributed by atoms with E-state index in [2.05, 4.69) is 14.7 Å². The maximum absolute atomic E-state index is 12.4. The maximum Gasteiger partial charge on any atom is 0.268 e. The Morgan fingerprint density at radius 3 is 2.68 bits per heavy atom. The first-order valence-electron chi connectivity index (χ1n) is 9.19. The molecule has 0 radical (unpaired) electrons. The molecule has 0 unspecified atom stereocenters. The number of anilines is 1. The van der Waals surface area contributed by atoms with Crippen molar-refractivity contribution in [3.05, 3.63) is 64.7 Å². The third kappa shape index (κ3) is 6.07. The van der Waals surface area contributed by atoms with E-state index >= 15 is 0 Å². The Labute approximate surface area is 188 Å². The molecule has 1 amide bonds. The lowest BCUT2D eigenvalue weighted by molar-refractivity contribution is -0.112. The number of ether oxygens (including phenoxy) is 2. The lowest BCUT2D eigenvalue weighted by Crippen LogP contribution is -2.13. The monoisotopic (exact) mass is 452 g/mol. The van der Waals surface area contributed by atoms with Crippen LogP contribution in [0, 0.1) is 18.3 Å². The minimum Gasteiger partial charge on any atom is -0.493 e. The van der Waals surface area contributed by atoms with Gasteiger partial charge in [-0.3, -0.25) is 10.1 Å². The smallest absolute Gasteiger partial charge is 0.268 e. The van der Waals surface area contributed by atoms with Crippen LogP contribution < -0.4 is 14.8 Å². The molecule has 0 aliphatic carbocycles. The highest BCUT2D eigenvalue weighted by molar-refractivity contribution is 7.98. The van der Waals surface area contributed by atoms with E-state index in [-0.39, 0.29) is 5.57 Å². The van der Waals surface area contributed by atoms with Crippen LogP contribution in [0.25, 0.3) is 6.08 Å². The molecule has 0 aliphatic rings. The van der Waals surface area contributed by atoms with E-state index in [1.54, 1.807) is 18.2 Å². The Balaban J connectivity index is 1.73. The van der Waals surface area contributed by atoms with Crippen molar-refractivity contribution in [2.75, 3.05) is 18.7 Å². The number of thioether (sulfide) groups is 1. The lowest BCUT2D eigenvalue weighted by Gasteiger charge is -2.12. The van der Waals surface area contributed by atoms with Gasteiger partial charge in [0.1, 0.15) is 18.2 Å². The van der Waals surface area contributed by atoms with Crippen LogP contribution >= 0.6 is 23.3 Å². The zero-order valence-electron chi connectivity index (χ0n) is 17.2. The highest BCUT2D eigenvalue weighted by Gasteiger charge is 2.13. The van der Waals surface area contributed by atoms with Crippen LogP contribution in [0.2, 0.25) is 0 Å². The zero-order chi connectivity index (χ0) is 22.2. The van der Waals surface area contributed by atoms with Gasteiger partial charge in [-0.1, -0.05) is 47.7 Å². The minimum atomic E-state index is -0.551. The van der Waals surface area contributed by atoms with Crippen molar-refractivity contribution >= 4 is 40.4 Å². The third-order valence-electron chi connectivity index (χ3n) is 4.19. The van der Waals surface area contributed by atoms with Crippen LogP contribution in [0.15, 0.2) is 53.2 Å². The number of rotatable bonds is 8. The second kappa shape index (κ2) is 10.6. The second-order valence-electron chi connectivity index (χ2n) is 6.39. The lowest BCUT2D eigenvalue weighted by atomic mass is 10.1. The SMILES string of the molecule is COc1cc(/C=C(/C#N)C(=O)Nc2nc(SC)ns2)ccc1OCc1ccc(C)cc1. The second-order valence-corrected chi connectivity index (χ2v) is 7.92. The molecular formula is C22H20N4O3S2. The molecule has 0 spiro atoms. The molecule has 3 rings (SSSR count). The van der Waals surface area contributed by atoms with E-state index < -0.39 is 5.91 Å². The first kappa shape index (κ1) is 22.3. The fourth-order valence-corrected chi connectivity index (χ4v) is 3.68. The van der Waals surface area contributed by atoms with E-state index in [1.165, 1.54) is 30.5 Å². The predicted octanol–water partition coefficient (Wildman–Crippen LogP) is 4.70. The number of amides is 1. The van der Waals surface area contributed by atoms with Gasteiger partial charge in [-0.25, -0.2) is 0 Å². The van der Waals surface area contributed by atoms with Gasteiger partial charge in [0, 0.05) is 11.5 Å². The van der Waals surface area contributed by atoms with Crippen LogP contribution in [0.3, 0.4) is 0 Å². The first-order chi connectivity index (χ1) is 15.0. The van der Waals surface area contributed by atoms with Gasteiger partial charge in [-0.05, 0) is 42.5 Å². The number of benzene rings is 2. The third-order valence-corrected chi connectivity index (χ3v) is 5.48. The van der Waals surface area contributed by atoms with Gasteiger partial charge >= 0.3 is 0 Å². The summed E-state index contributed by atoms with van der Waals surface area (Å²) in [4.78, 5) is 16.6. The number of carbonyl (C=O) groups is 1. The summed E-state index contributed by atoms with van der Waals surface area (Å²) in [6, 6.07) is 15.2. The zero-order valence-corrected chi connectivity index (χ0v) is 18.8. The van der Waals surface area contributed by atoms with Crippen molar-refractivity contribution in [3.63, 3.8) is 0 Å². The molecule has 2 aromatic carbocycles. The number of methoxy groups -OCH3 is 1. The molecule has 158 valence electrons. The van der Waals surface area contributed by atoms with Gasteiger partial charge in [0.15, 0.2) is 11.5 Å². The average molecular weight is 453 g/mol. The summed E-state index contributed by atoms with van der Waals surface area (Å²) in [6.07, 6.45) is 3.33. The van der Waals surface area contributed by atoms with Gasteiger partial charge < -0.3 is 9.47 Å². The molecule has 0 saturated heterocycles. The number of nitrogens with zero attached hydrogens (tertiary/aromatic N) is 3. The summed E-state index contributed by atoms with van der Waals surface area (Å²) < 4.78 is 15.4. The fraction of sp³-hybridized carbons (Fsp3) is 0.182. The summed E-state index contributed by atoms with van der Waals surface area (Å²) >= 11 is 2.44. The highest BCUT2D eigenvalue weighted by Crippen LogP contribution is 2.30. The van der Waals surface area contributed by atoms with Crippen LogP contribution in [0.5, 0.6) is 11.5 Å². The molecule has 1 aromatic heterocycles. The van der Waals surface area contributed by atoms with E-state index in [9.17, 15) is 10.1 Å². The molecule has 1 heterocycles. The van der Waals surface area contributed by atoms with Crippen LogP contribution in [0.1, 0.15) is 16.7 Å². The number of aryl methyl sites for hydroxylation is 1. The van der Waals surface area contributed by atoms with Gasteiger partial charge in [-0.2, -0.15) is 14.6 Å². The molecule has 1 N–H and O–H groups in total. The number of carbonyl (C=O) groups excluding carboxylic acids is 1. The molecular weight excluding hydrogens is 432 g/mol. The van der Waals surface area contributed by atoms with Crippen molar-refractivity contribution in [1.82, 2.24) is 9.36 Å². The molecule has 3 aromatic rings. The largest absolute Gasteiger partial charge is 0.493 e. The van der Waals surface area contributed by atoms with Crippen molar-refractivity contribution in [2.24, 2.45) is 0 Å². The Kier molecular flexibility index (Phi) is 7.65. The number of aromatic nitrogens is 2. The van der Waals surface area contributed by atoms with Crippen LogP contribution in [-0.2, 0) is 11.4 Å². The highest BCUT2D eigenvalue weighted by atomic mass is 32.2. The predicted molar refractivity (Wildman–Crippen MR) is 122 cm³/mol. The molecule has 0 fully saturated rings. The van der Waals surface area contributed by atoms with Crippen molar-refractivity contribution in [1.29, 1.82) is 5.26 Å². The number of hydrogen-bond acceptors (Lipinski definition) is 8. The van der Waals surface area contributed by atoms with Crippen LogP contribution in [-0.4, -0.2) is 28.6 Å². The van der Waals surface area contributed by atoms with Gasteiger partial charge in [0.2, 0.25) is 10.3 Å². The summed E-state index contributed by atoms with van der Waals surface area (Å²) in [6.45, 7) is 2.43. The van der Waals surface area contributed by atoms with E-state index in [0.717, 1.165) is 17.1 Å². The number of hydrogen-bond donors (Lipinski definition) is 1. The Bertz CT molecular complexity index is 1130. The number of nitriles is 1. The normalized spacial score (nSPS) is 11.0. The molecule has 9 heteroatoms. The van der Waals surface area contributed by atoms with Crippen molar-refractivity contribution in [3.8, 4) is 17.6 Å². The molecule has 0 saturated carbocycles. The quantitative estimate of drug-likeness (QED) is 0.300.